The van der Waals surface area contributed by atoms with Crippen LogP contribution in [-0.4, -0.2) is 0 Å². The lowest BCUT2D eigenvalue weighted by atomic mass is 9.43. The van der Waals surface area contributed by atoms with Gasteiger partial charge in [0.05, 0.1) is 5.69 Å². The molecule has 6 aliphatic rings. The Labute approximate surface area is 390 Å². The number of rotatable bonds is 7. The van der Waals surface area contributed by atoms with Crippen LogP contribution in [0.4, 0.5) is 17.1 Å². The second-order valence-electron chi connectivity index (χ2n) is 19.7. The molecule has 0 N–H and O–H groups in total. The largest absolute Gasteiger partial charge is 0.310 e. The van der Waals surface area contributed by atoms with E-state index in [0.29, 0.717) is 11.8 Å². The van der Waals surface area contributed by atoms with Crippen molar-refractivity contribution in [2.75, 3.05) is 4.90 Å². The van der Waals surface area contributed by atoms with E-state index in [2.05, 4.69) is 229 Å². The van der Waals surface area contributed by atoms with Crippen molar-refractivity contribution in [1.82, 2.24) is 0 Å². The maximum Gasteiger partial charge on any atom is 0.0540 e. The zero-order valence-corrected chi connectivity index (χ0v) is 37.9. The summed E-state index contributed by atoms with van der Waals surface area (Å²) in [6.07, 6.45) is 6.95. The summed E-state index contributed by atoms with van der Waals surface area (Å²) in [5, 5.41) is 0. The molecule has 2 heteroatoms. The monoisotopic (exact) mass is 865 g/mol. The topological polar surface area (TPSA) is 3.24 Å². The van der Waals surface area contributed by atoms with Crippen molar-refractivity contribution in [1.29, 1.82) is 0 Å². The maximum absolute atomic E-state index is 2.67. The third-order valence-corrected chi connectivity index (χ3v) is 20.4. The minimum Gasteiger partial charge on any atom is -0.310 e. The quantitative estimate of drug-likeness (QED) is 0.154. The zero-order valence-electron chi connectivity index (χ0n) is 37.1. The van der Waals surface area contributed by atoms with Gasteiger partial charge >= 0.3 is 0 Å². The summed E-state index contributed by atoms with van der Waals surface area (Å²) < 4.78 is 0. The molecule has 4 saturated carbocycles. The van der Waals surface area contributed by atoms with Crippen LogP contribution in [0.3, 0.4) is 0 Å². The highest BCUT2D eigenvalue weighted by atomic mass is 32.3. The highest BCUT2D eigenvalue weighted by molar-refractivity contribution is 8.34. The number of para-hydroxylation sites is 1. The van der Waals surface area contributed by atoms with Crippen LogP contribution in [0.25, 0.3) is 44.5 Å². The molecule has 4 bridgehead atoms. The van der Waals surface area contributed by atoms with Gasteiger partial charge in [0.25, 0.3) is 0 Å². The molecule has 9 aromatic rings. The summed E-state index contributed by atoms with van der Waals surface area (Å²) in [6, 6.07) is 85.6. The van der Waals surface area contributed by atoms with Gasteiger partial charge in [0.1, 0.15) is 0 Å². The van der Waals surface area contributed by atoms with E-state index in [4.69, 9.17) is 0 Å². The lowest BCUT2D eigenvalue weighted by molar-refractivity contribution is -0.0399. The molecule has 5 aliphatic carbocycles. The van der Waals surface area contributed by atoms with Crippen molar-refractivity contribution in [3.63, 3.8) is 0 Å². The fourth-order valence-corrected chi connectivity index (χ4v) is 18.4. The molecular weight excluding hydrogens is 815 g/mol. The van der Waals surface area contributed by atoms with E-state index in [1.165, 1.54) is 102 Å². The number of fused-ring (bicyclic) bond motifs is 6. The first-order chi connectivity index (χ1) is 32.7. The summed E-state index contributed by atoms with van der Waals surface area (Å²) >= 11 is 0. The zero-order chi connectivity index (χ0) is 43.4. The average molecular weight is 866 g/mol. The first-order valence-electron chi connectivity index (χ1n) is 24.2. The highest BCUT2D eigenvalue weighted by Crippen LogP contribution is 2.80. The highest BCUT2D eigenvalue weighted by Gasteiger charge is 2.61. The van der Waals surface area contributed by atoms with Crippen molar-refractivity contribution in [3.8, 4) is 44.5 Å². The van der Waals surface area contributed by atoms with Crippen molar-refractivity contribution < 1.29 is 0 Å². The van der Waals surface area contributed by atoms with Crippen LogP contribution in [-0.2, 0) is 5.41 Å². The van der Waals surface area contributed by atoms with E-state index < -0.39 is 10.0 Å². The predicted molar refractivity (Wildman–Crippen MR) is 274 cm³/mol. The van der Waals surface area contributed by atoms with Crippen molar-refractivity contribution in [2.45, 2.75) is 57.1 Å². The number of benzene rings is 9. The summed E-state index contributed by atoms with van der Waals surface area (Å²) in [4.78, 5) is 8.06. The Morgan fingerprint density at radius 2 is 0.894 bits per heavy atom. The second kappa shape index (κ2) is 14.8. The molecule has 0 amide bonds. The lowest BCUT2D eigenvalue weighted by Crippen LogP contribution is -2.55. The fraction of sp³-hybridized carbons (Fsp3) is 0.156. The summed E-state index contributed by atoms with van der Waals surface area (Å²) in [5.41, 5.74) is 17.4. The maximum atomic E-state index is 2.67. The third kappa shape index (κ3) is 5.43. The Morgan fingerprint density at radius 3 is 1.59 bits per heavy atom. The van der Waals surface area contributed by atoms with Crippen LogP contribution < -0.4 is 4.90 Å². The summed E-state index contributed by atoms with van der Waals surface area (Å²) in [6.45, 7) is 0. The van der Waals surface area contributed by atoms with Gasteiger partial charge in [-0.3, -0.25) is 0 Å². The Kier molecular flexibility index (Phi) is 8.63. The van der Waals surface area contributed by atoms with Crippen molar-refractivity contribution in [3.05, 3.63) is 236 Å². The van der Waals surface area contributed by atoms with E-state index in [1.54, 1.807) is 11.1 Å². The molecule has 0 atom stereocenters. The van der Waals surface area contributed by atoms with Gasteiger partial charge in [0, 0.05) is 41.9 Å². The second-order valence-corrected chi connectivity index (χ2v) is 22.7. The van der Waals surface area contributed by atoms with E-state index in [0.717, 1.165) is 23.2 Å². The van der Waals surface area contributed by atoms with Crippen LogP contribution in [0.5, 0.6) is 0 Å². The van der Waals surface area contributed by atoms with Crippen LogP contribution in [0.1, 0.15) is 43.2 Å². The summed E-state index contributed by atoms with van der Waals surface area (Å²) in [5.74, 6) is 3.20. The molecule has 1 heterocycles. The van der Waals surface area contributed by atoms with E-state index in [9.17, 15) is 0 Å². The van der Waals surface area contributed by atoms with Gasteiger partial charge in [-0.05, 0) is 179 Å². The van der Waals surface area contributed by atoms with Gasteiger partial charge in [-0.2, -0.15) is 0 Å². The molecule has 0 saturated heterocycles. The molecule has 318 valence electrons. The summed E-state index contributed by atoms with van der Waals surface area (Å²) in [7, 11) is -1.85. The van der Waals surface area contributed by atoms with Gasteiger partial charge in [-0.1, -0.05) is 152 Å². The van der Waals surface area contributed by atoms with Gasteiger partial charge in [0.15, 0.2) is 0 Å². The molecular formula is C64H51NS. The molecule has 0 aromatic heterocycles. The standard InChI is InChI=1S/C64H51NS/c1-5-17-45(18-6-1)46-30-34-61(58(40-46)47-29-32-55-54-25-13-15-27-59(54)64(60(55)41-47)48-36-43-35-44(38-48)39-49(64)37-43)65(50-19-7-2-8-20-50)51-31-33-57-56-26-14-16-28-62(56)66(63(57)42-51,52-21-9-3-10-22-52)53-23-11-4-12-24-53/h1-34,40-44,48-49H,35-39H2. The minimum absolute atomic E-state index is 0.0850. The smallest absolute Gasteiger partial charge is 0.0540 e. The average Bonchev–Trinajstić information content (AvgIpc) is 3.84. The number of hydrogen-bond donors (Lipinski definition) is 0. The van der Waals surface area contributed by atoms with Gasteiger partial charge in [-0.25, -0.2) is 0 Å². The van der Waals surface area contributed by atoms with E-state index in [-0.39, 0.29) is 5.41 Å². The Balaban J connectivity index is 1.01. The third-order valence-electron chi connectivity index (χ3n) is 16.5. The minimum atomic E-state index is -1.85. The molecule has 0 radical (unpaired) electrons. The number of hydrogen-bond acceptors (Lipinski definition) is 1. The fourth-order valence-electron chi connectivity index (χ4n) is 14.2. The van der Waals surface area contributed by atoms with Crippen molar-refractivity contribution >= 4 is 27.1 Å². The molecule has 4 fully saturated rings. The molecule has 1 aliphatic heterocycles. The Hall–Kier alpha value is -6.87. The Morgan fingerprint density at radius 1 is 0.348 bits per heavy atom. The van der Waals surface area contributed by atoms with Crippen molar-refractivity contribution in [2.24, 2.45) is 23.7 Å². The first kappa shape index (κ1) is 38.4. The normalized spacial score (nSPS) is 22.6. The SMILES string of the molecule is c1ccc(-c2ccc(N(c3ccccc3)c3ccc4c(c3)S(c3ccccc3)(c3ccccc3)c3ccccc3-4)c(-c3ccc4c(c3)C3(c5ccccc5-4)C4CC5CC(C4)CC3C5)c2)cc1. The van der Waals surface area contributed by atoms with Gasteiger partial charge in [0.2, 0.25) is 0 Å². The van der Waals surface area contributed by atoms with E-state index in [1.807, 2.05) is 0 Å². The molecule has 9 aromatic carbocycles. The van der Waals surface area contributed by atoms with Gasteiger partial charge in [-0.15, -0.1) is 10.0 Å². The number of anilines is 3. The lowest BCUT2D eigenvalue weighted by Gasteiger charge is -2.61. The molecule has 15 rings (SSSR count). The van der Waals surface area contributed by atoms with Crippen LogP contribution >= 0.6 is 10.0 Å². The molecule has 1 nitrogen and oxygen atoms in total. The van der Waals surface area contributed by atoms with Crippen LogP contribution in [0, 0.1) is 23.7 Å². The Bertz CT molecular complexity index is 3250. The van der Waals surface area contributed by atoms with Gasteiger partial charge < -0.3 is 4.90 Å². The molecule has 1 spiro atoms. The van der Waals surface area contributed by atoms with Crippen LogP contribution in [0.2, 0.25) is 0 Å². The first-order valence-corrected chi connectivity index (χ1v) is 25.8. The molecule has 66 heavy (non-hydrogen) atoms. The van der Waals surface area contributed by atoms with Crippen LogP contribution in [0.15, 0.2) is 244 Å². The molecule has 0 unspecified atom stereocenters. The number of nitrogens with zero attached hydrogens (tertiary/aromatic N) is 1. The van der Waals surface area contributed by atoms with E-state index >= 15 is 0 Å². The predicted octanol–water partition coefficient (Wildman–Crippen LogP) is 17.5.